The fourth-order valence-electron chi connectivity index (χ4n) is 2.34. The minimum absolute atomic E-state index is 0.0394. The standard InChI is InChI=1S/C9H13BO2/c1-5-3-7-4-12-8(11)9(7,10)6(5)2/h5-7H,3-4H2,1-2H3/t5?,6?,7-,9+/m1/s1/i6D. The molecule has 0 spiro atoms. The molecule has 0 aromatic carbocycles. The molecule has 2 fully saturated rings. The molecule has 1 heterocycles. The van der Waals surface area contributed by atoms with Gasteiger partial charge >= 0.3 is 5.97 Å². The van der Waals surface area contributed by atoms with Crippen molar-refractivity contribution >= 4 is 13.8 Å². The van der Waals surface area contributed by atoms with Gasteiger partial charge in [-0.15, -0.1) is 0 Å². The van der Waals surface area contributed by atoms with Crippen LogP contribution < -0.4 is 0 Å². The summed E-state index contributed by atoms with van der Waals surface area (Å²) in [4.78, 5) is 11.5. The van der Waals surface area contributed by atoms with Crippen molar-refractivity contribution in [2.24, 2.45) is 17.7 Å². The average Bonchev–Trinajstić information content (AvgIpc) is 2.40. The van der Waals surface area contributed by atoms with Crippen LogP contribution in [0.25, 0.3) is 0 Å². The number of cyclic esters (lactones) is 1. The molecule has 2 aliphatic rings. The van der Waals surface area contributed by atoms with Crippen LogP contribution >= 0.6 is 0 Å². The van der Waals surface area contributed by atoms with Crippen LogP contribution in [0.5, 0.6) is 0 Å². The van der Waals surface area contributed by atoms with Crippen molar-refractivity contribution in [2.75, 3.05) is 6.61 Å². The summed E-state index contributed by atoms with van der Waals surface area (Å²) < 4.78 is 13.0. The molecular weight excluding hydrogens is 151 g/mol. The molecule has 2 radical (unpaired) electrons. The lowest BCUT2D eigenvalue weighted by Crippen LogP contribution is -2.28. The third-order valence-corrected chi connectivity index (χ3v) is 3.43. The molecule has 2 unspecified atom stereocenters. The van der Waals surface area contributed by atoms with E-state index in [9.17, 15) is 4.79 Å². The summed E-state index contributed by atoms with van der Waals surface area (Å²) in [5, 5.41) is -1.06. The maximum atomic E-state index is 11.5. The van der Waals surface area contributed by atoms with E-state index in [0.717, 1.165) is 6.42 Å². The van der Waals surface area contributed by atoms with E-state index in [1.54, 1.807) is 6.92 Å². The first-order chi connectivity index (χ1) is 5.90. The number of hydrogen-bond donors (Lipinski definition) is 0. The first-order valence-corrected chi connectivity index (χ1v) is 4.37. The highest BCUT2D eigenvalue weighted by Gasteiger charge is 2.57. The third kappa shape index (κ3) is 0.745. The number of ether oxygens (including phenoxy) is 1. The zero-order valence-electron chi connectivity index (χ0n) is 8.46. The van der Waals surface area contributed by atoms with Crippen molar-refractivity contribution in [3.05, 3.63) is 0 Å². The molecule has 3 heteroatoms. The van der Waals surface area contributed by atoms with Gasteiger partial charge in [0.05, 0.1) is 14.5 Å². The largest absolute Gasteiger partial charge is 0.465 e. The van der Waals surface area contributed by atoms with Crippen LogP contribution in [0.2, 0.25) is 5.31 Å². The quantitative estimate of drug-likeness (QED) is 0.397. The van der Waals surface area contributed by atoms with E-state index in [4.69, 9.17) is 14.0 Å². The highest BCUT2D eigenvalue weighted by atomic mass is 16.5. The second-order valence-corrected chi connectivity index (χ2v) is 3.98. The fraction of sp³-hybridized carbons (Fsp3) is 0.889. The molecule has 1 aliphatic heterocycles. The molecule has 0 amide bonds. The second-order valence-electron chi connectivity index (χ2n) is 3.98. The normalized spacial score (nSPS) is 59.5. The Balaban J connectivity index is 2.45. The fourth-order valence-corrected chi connectivity index (χ4v) is 2.34. The number of rotatable bonds is 0. The van der Waals surface area contributed by atoms with E-state index in [2.05, 4.69) is 0 Å². The molecule has 2 rings (SSSR count). The van der Waals surface area contributed by atoms with Gasteiger partial charge in [0.25, 0.3) is 0 Å². The monoisotopic (exact) mass is 165 g/mol. The molecule has 64 valence electrons. The molecule has 1 aliphatic carbocycles. The predicted molar refractivity (Wildman–Crippen MR) is 45.8 cm³/mol. The number of hydrogen-bond acceptors (Lipinski definition) is 2. The Labute approximate surface area is 75.5 Å². The summed E-state index contributed by atoms with van der Waals surface area (Å²) >= 11 is 0. The van der Waals surface area contributed by atoms with Crippen molar-refractivity contribution in [3.8, 4) is 0 Å². The van der Waals surface area contributed by atoms with E-state index in [1.807, 2.05) is 6.92 Å². The molecule has 0 bridgehead atoms. The SMILES string of the molecule is [2H]C1(C)C(C)C[C@@H]2COC(=O)[C@@]21[B]. The highest BCUT2D eigenvalue weighted by molar-refractivity contribution is 6.28. The number of fused-ring (bicyclic) bond motifs is 1. The van der Waals surface area contributed by atoms with Crippen molar-refractivity contribution in [3.63, 3.8) is 0 Å². The first-order valence-electron chi connectivity index (χ1n) is 4.87. The zero-order chi connectivity index (χ0) is 9.85. The van der Waals surface area contributed by atoms with Crippen molar-refractivity contribution in [1.82, 2.24) is 0 Å². The van der Waals surface area contributed by atoms with Gasteiger partial charge in [0, 0.05) is 12.6 Å². The van der Waals surface area contributed by atoms with Gasteiger partial charge < -0.3 is 4.74 Å². The molecule has 1 saturated heterocycles. The molecule has 12 heavy (non-hydrogen) atoms. The Morgan fingerprint density at radius 2 is 2.42 bits per heavy atom. The Morgan fingerprint density at radius 1 is 1.75 bits per heavy atom. The summed E-state index contributed by atoms with van der Waals surface area (Å²) in [6.45, 7) is 4.12. The molecule has 4 atom stereocenters. The lowest BCUT2D eigenvalue weighted by atomic mass is 9.59. The summed E-state index contributed by atoms with van der Waals surface area (Å²) in [6, 6.07) is 0. The van der Waals surface area contributed by atoms with Gasteiger partial charge in [0.15, 0.2) is 0 Å². The van der Waals surface area contributed by atoms with Crippen LogP contribution in [0, 0.1) is 17.7 Å². The van der Waals surface area contributed by atoms with Crippen LogP contribution in [-0.2, 0) is 9.53 Å². The predicted octanol–water partition coefficient (Wildman–Crippen LogP) is 1.16. The minimum atomic E-state index is -1.06. The van der Waals surface area contributed by atoms with Gasteiger partial charge in [-0.05, 0) is 18.2 Å². The van der Waals surface area contributed by atoms with Gasteiger partial charge in [0.2, 0.25) is 0 Å². The molecule has 0 aromatic rings. The van der Waals surface area contributed by atoms with Crippen LogP contribution in [0.3, 0.4) is 0 Å². The average molecular weight is 165 g/mol. The van der Waals surface area contributed by atoms with E-state index < -0.39 is 11.2 Å². The highest BCUT2D eigenvalue weighted by Crippen LogP contribution is 2.58. The van der Waals surface area contributed by atoms with Crippen LogP contribution in [0.1, 0.15) is 21.6 Å². The third-order valence-electron chi connectivity index (χ3n) is 3.43. The molecule has 1 saturated carbocycles. The van der Waals surface area contributed by atoms with Gasteiger partial charge in [-0.3, -0.25) is 4.79 Å². The van der Waals surface area contributed by atoms with E-state index in [0.29, 0.717) is 6.61 Å². The number of esters is 1. The molecule has 0 aromatic heterocycles. The van der Waals surface area contributed by atoms with Gasteiger partial charge in [0.1, 0.15) is 0 Å². The Bertz CT molecular complexity index is 266. The summed E-state index contributed by atoms with van der Waals surface area (Å²) in [7, 11) is 6.01. The molecular formula is C9H13BO2. The van der Waals surface area contributed by atoms with E-state index >= 15 is 0 Å². The van der Waals surface area contributed by atoms with E-state index in [-0.39, 0.29) is 17.8 Å². The number of carbonyl (C=O) groups is 1. The van der Waals surface area contributed by atoms with Gasteiger partial charge in [-0.25, -0.2) is 0 Å². The van der Waals surface area contributed by atoms with Crippen molar-refractivity contribution < 1.29 is 10.9 Å². The van der Waals surface area contributed by atoms with Crippen LogP contribution in [-0.4, -0.2) is 20.4 Å². The first kappa shape index (κ1) is 6.99. The summed E-state index contributed by atoms with van der Waals surface area (Å²) in [6.07, 6.45) is 0.822. The van der Waals surface area contributed by atoms with Crippen LogP contribution in [0.4, 0.5) is 0 Å². The smallest absolute Gasteiger partial charge is 0.303 e. The van der Waals surface area contributed by atoms with E-state index in [1.165, 1.54) is 0 Å². The summed E-state index contributed by atoms with van der Waals surface area (Å²) in [5.41, 5.74) is 0. The molecule has 2 nitrogen and oxygen atoms in total. The maximum Gasteiger partial charge on any atom is 0.303 e. The lowest BCUT2D eigenvalue weighted by molar-refractivity contribution is -0.141. The minimum Gasteiger partial charge on any atom is -0.465 e. The van der Waals surface area contributed by atoms with Crippen LogP contribution in [0.15, 0.2) is 0 Å². The lowest BCUT2D eigenvalue weighted by Gasteiger charge is -2.25. The maximum absolute atomic E-state index is 11.5. The molecule has 0 N–H and O–H groups in total. The van der Waals surface area contributed by atoms with Gasteiger partial charge in [-0.2, -0.15) is 0 Å². The Kier molecular flexibility index (Phi) is 1.32. The topological polar surface area (TPSA) is 26.3 Å². The zero-order valence-corrected chi connectivity index (χ0v) is 7.46. The Hall–Kier alpha value is -0.465. The van der Waals surface area contributed by atoms with Crippen molar-refractivity contribution in [2.45, 2.75) is 25.6 Å². The summed E-state index contributed by atoms with van der Waals surface area (Å²) in [5.74, 6) is -1.07. The van der Waals surface area contributed by atoms with Crippen molar-refractivity contribution in [1.29, 1.82) is 0 Å². The Morgan fingerprint density at radius 3 is 3.00 bits per heavy atom. The van der Waals surface area contributed by atoms with Gasteiger partial charge in [-0.1, -0.05) is 13.8 Å². The number of carbonyl (C=O) groups excluding carboxylic acids is 1. The second kappa shape index (κ2) is 2.27.